The number of nitrogens with zero attached hydrogens (tertiary/aromatic N) is 2. The third-order valence-corrected chi connectivity index (χ3v) is 2.91. The van der Waals surface area contributed by atoms with Gasteiger partial charge in [0.15, 0.2) is 0 Å². The second-order valence-electron chi connectivity index (χ2n) is 4.21. The maximum atomic E-state index is 5.82. The van der Waals surface area contributed by atoms with Crippen LogP contribution in [0.5, 0.6) is 0 Å². The van der Waals surface area contributed by atoms with Gasteiger partial charge in [0, 0.05) is 10.6 Å². The highest BCUT2D eigenvalue weighted by Gasteiger charge is 2.26. The molecule has 0 saturated carbocycles. The zero-order valence-electron chi connectivity index (χ0n) is 9.95. The molecule has 2 N–H and O–H groups in total. The van der Waals surface area contributed by atoms with Gasteiger partial charge in [0.2, 0.25) is 12.2 Å². The minimum atomic E-state index is -0.645. The van der Waals surface area contributed by atoms with E-state index >= 15 is 0 Å². The van der Waals surface area contributed by atoms with Crippen molar-refractivity contribution in [3.63, 3.8) is 0 Å². The van der Waals surface area contributed by atoms with Gasteiger partial charge in [-0.1, -0.05) is 11.6 Å². The molecule has 3 rings (SSSR count). The molecule has 7 heteroatoms. The molecule has 2 aromatic rings. The number of hydrogen-bond acceptors (Lipinski definition) is 6. The van der Waals surface area contributed by atoms with Crippen LogP contribution in [0.25, 0.3) is 11.5 Å². The zero-order chi connectivity index (χ0) is 13.2. The van der Waals surface area contributed by atoms with E-state index in [1.807, 2.05) is 0 Å². The lowest BCUT2D eigenvalue weighted by Crippen LogP contribution is -2.37. The predicted molar refractivity (Wildman–Crippen MR) is 67.4 cm³/mol. The molecular formula is C12H12ClN3O3. The van der Waals surface area contributed by atoms with Crippen molar-refractivity contribution in [3.8, 4) is 11.5 Å². The van der Waals surface area contributed by atoms with Crippen LogP contribution in [-0.2, 0) is 9.47 Å². The largest absolute Gasteiger partial charge is 0.416 e. The van der Waals surface area contributed by atoms with Gasteiger partial charge in [-0.2, -0.15) is 0 Å². The zero-order valence-corrected chi connectivity index (χ0v) is 10.7. The molecule has 6 nitrogen and oxygen atoms in total. The highest BCUT2D eigenvalue weighted by Crippen LogP contribution is 2.25. The van der Waals surface area contributed by atoms with E-state index < -0.39 is 6.29 Å². The number of ether oxygens (including phenoxy) is 2. The first kappa shape index (κ1) is 12.6. The minimum Gasteiger partial charge on any atom is -0.416 e. The molecule has 0 amide bonds. The van der Waals surface area contributed by atoms with Crippen molar-refractivity contribution in [2.75, 3.05) is 13.2 Å². The standard InChI is InChI=1S/C12H12ClN3O3/c13-8-3-1-7(2-4-8)10-15-16-11(19-10)12-17-5-9(14)6-18-12/h1-4,9,12H,5-6,14H2/t9-,12-. The summed E-state index contributed by atoms with van der Waals surface area (Å²) < 4.78 is 16.3. The Balaban J connectivity index is 1.77. The fourth-order valence-corrected chi connectivity index (χ4v) is 1.83. The van der Waals surface area contributed by atoms with E-state index in [0.29, 0.717) is 24.1 Å². The Hall–Kier alpha value is -1.47. The maximum absolute atomic E-state index is 5.82. The van der Waals surface area contributed by atoms with Crippen molar-refractivity contribution in [1.82, 2.24) is 10.2 Å². The molecule has 100 valence electrons. The summed E-state index contributed by atoms with van der Waals surface area (Å²) in [4.78, 5) is 0. The first-order valence-corrected chi connectivity index (χ1v) is 6.18. The Kier molecular flexibility index (Phi) is 3.48. The summed E-state index contributed by atoms with van der Waals surface area (Å²) in [6.45, 7) is 0.812. The van der Waals surface area contributed by atoms with Gasteiger partial charge in [0.05, 0.1) is 19.3 Å². The number of hydrogen-bond donors (Lipinski definition) is 1. The number of halogens is 1. The van der Waals surface area contributed by atoms with E-state index in [2.05, 4.69) is 10.2 Å². The smallest absolute Gasteiger partial charge is 0.273 e. The van der Waals surface area contributed by atoms with Gasteiger partial charge in [-0.15, -0.1) is 10.2 Å². The molecule has 0 bridgehead atoms. The summed E-state index contributed by atoms with van der Waals surface area (Å²) in [6, 6.07) is 7.01. The van der Waals surface area contributed by atoms with Crippen LogP contribution in [0.4, 0.5) is 0 Å². The van der Waals surface area contributed by atoms with Crippen LogP contribution < -0.4 is 5.73 Å². The quantitative estimate of drug-likeness (QED) is 0.903. The van der Waals surface area contributed by atoms with Crippen molar-refractivity contribution in [2.24, 2.45) is 5.73 Å². The predicted octanol–water partition coefficient (Wildman–Crippen LogP) is 1.76. The third-order valence-electron chi connectivity index (χ3n) is 2.66. The SMILES string of the molecule is N[C@H]1CO[C@H](c2nnc(-c3ccc(Cl)cc3)o2)OC1. The summed E-state index contributed by atoms with van der Waals surface area (Å²) in [7, 11) is 0. The fourth-order valence-electron chi connectivity index (χ4n) is 1.70. The Morgan fingerprint density at radius 3 is 2.47 bits per heavy atom. The highest BCUT2D eigenvalue weighted by molar-refractivity contribution is 6.30. The summed E-state index contributed by atoms with van der Waals surface area (Å²) >= 11 is 5.82. The molecule has 1 fully saturated rings. The molecule has 1 aliphatic rings. The van der Waals surface area contributed by atoms with E-state index in [1.165, 1.54) is 0 Å². The normalized spacial score (nSPS) is 23.5. The molecule has 1 saturated heterocycles. The maximum Gasteiger partial charge on any atom is 0.273 e. The van der Waals surface area contributed by atoms with Crippen LogP contribution in [0, 0.1) is 0 Å². The van der Waals surface area contributed by atoms with Crippen molar-refractivity contribution in [2.45, 2.75) is 12.3 Å². The average Bonchev–Trinajstić information content (AvgIpc) is 2.90. The van der Waals surface area contributed by atoms with E-state index in [4.69, 9.17) is 31.2 Å². The van der Waals surface area contributed by atoms with Crippen LogP contribution in [-0.4, -0.2) is 29.5 Å². The fraction of sp³-hybridized carbons (Fsp3) is 0.333. The van der Waals surface area contributed by atoms with Crippen LogP contribution >= 0.6 is 11.6 Å². The third kappa shape index (κ3) is 2.76. The average molecular weight is 282 g/mol. The molecule has 19 heavy (non-hydrogen) atoms. The molecule has 0 spiro atoms. The lowest BCUT2D eigenvalue weighted by molar-refractivity contribution is -0.200. The van der Waals surface area contributed by atoms with Crippen LogP contribution in [0.3, 0.4) is 0 Å². The van der Waals surface area contributed by atoms with Crippen molar-refractivity contribution >= 4 is 11.6 Å². The van der Waals surface area contributed by atoms with Gasteiger partial charge in [-0.3, -0.25) is 0 Å². The monoisotopic (exact) mass is 281 g/mol. The van der Waals surface area contributed by atoms with Crippen molar-refractivity contribution in [1.29, 1.82) is 0 Å². The van der Waals surface area contributed by atoms with Crippen molar-refractivity contribution in [3.05, 3.63) is 35.2 Å². The molecule has 1 aromatic heterocycles. The molecule has 0 radical (unpaired) electrons. The molecule has 1 aromatic carbocycles. The first-order chi connectivity index (χ1) is 9.22. The molecule has 2 heterocycles. The molecule has 0 aliphatic carbocycles. The van der Waals surface area contributed by atoms with Gasteiger partial charge in [0.25, 0.3) is 5.89 Å². The Morgan fingerprint density at radius 1 is 1.11 bits per heavy atom. The number of nitrogens with two attached hydrogens (primary N) is 1. The first-order valence-electron chi connectivity index (χ1n) is 5.80. The Morgan fingerprint density at radius 2 is 1.79 bits per heavy atom. The van der Waals surface area contributed by atoms with Gasteiger partial charge >= 0.3 is 0 Å². The molecule has 0 unspecified atom stereocenters. The summed E-state index contributed by atoms with van der Waals surface area (Å²) in [5.74, 6) is 0.686. The topological polar surface area (TPSA) is 83.4 Å². The van der Waals surface area contributed by atoms with Gasteiger partial charge in [-0.25, -0.2) is 0 Å². The van der Waals surface area contributed by atoms with E-state index in [9.17, 15) is 0 Å². The summed E-state index contributed by atoms with van der Waals surface area (Å²) in [5, 5.41) is 8.53. The van der Waals surface area contributed by atoms with E-state index in [0.717, 1.165) is 5.56 Å². The summed E-state index contributed by atoms with van der Waals surface area (Å²) in [5.41, 5.74) is 6.44. The number of aromatic nitrogens is 2. The van der Waals surface area contributed by atoms with E-state index in [1.54, 1.807) is 24.3 Å². The van der Waals surface area contributed by atoms with Gasteiger partial charge in [0.1, 0.15) is 0 Å². The number of benzene rings is 1. The van der Waals surface area contributed by atoms with Crippen LogP contribution in [0.15, 0.2) is 28.7 Å². The molecular weight excluding hydrogens is 270 g/mol. The van der Waals surface area contributed by atoms with Crippen LogP contribution in [0.2, 0.25) is 5.02 Å². The number of rotatable bonds is 2. The summed E-state index contributed by atoms with van der Waals surface area (Å²) in [6.07, 6.45) is -0.645. The van der Waals surface area contributed by atoms with Gasteiger partial charge < -0.3 is 19.6 Å². The Bertz CT molecular complexity index is 550. The minimum absolute atomic E-state index is 0.116. The van der Waals surface area contributed by atoms with Gasteiger partial charge in [-0.05, 0) is 24.3 Å². The second-order valence-corrected chi connectivity index (χ2v) is 4.65. The molecule has 1 aliphatic heterocycles. The lowest BCUT2D eigenvalue weighted by atomic mass is 10.2. The highest BCUT2D eigenvalue weighted by atomic mass is 35.5. The Labute approximate surface area is 114 Å². The second kappa shape index (κ2) is 5.26. The molecule has 0 atom stereocenters. The van der Waals surface area contributed by atoms with E-state index in [-0.39, 0.29) is 11.9 Å². The van der Waals surface area contributed by atoms with Crippen LogP contribution in [0.1, 0.15) is 12.2 Å². The van der Waals surface area contributed by atoms with Crippen molar-refractivity contribution < 1.29 is 13.9 Å². The lowest BCUT2D eigenvalue weighted by Gasteiger charge is -2.24.